The highest BCUT2D eigenvalue weighted by Crippen LogP contribution is 2.30. The number of thioether (sulfide) groups is 1. The maximum Gasteiger partial charge on any atom is 0.227 e. The maximum absolute atomic E-state index is 12.1. The van der Waals surface area contributed by atoms with Gasteiger partial charge < -0.3 is 14.8 Å². The number of nitrogens with one attached hydrogen (secondary N) is 1. The fourth-order valence-corrected chi connectivity index (χ4v) is 3.22. The molecule has 0 bridgehead atoms. The van der Waals surface area contributed by atoms with Crippen molar-refractivity contribution in [1.82, 2.24) is 0 Å². The van der Waals surface area contributed by atoms with Crippen LogP contribution in [0.2, 0.25) is 0 Å². The minimum Gasteiger partial charge on any atom is -0.493 e. The Labute approximate surface area is 117 Å². The lowest BCUT2D eigenvalue weighted by atomic mass is 10.0. The van der Waals surface area contributed by atoms with Crippen LogP contribution in [0, 0.1) is 5.92 Å². The second-order valence-electron chi connectivity index (χ2n) is 4.45. The molecule has 104 valence electrons. The lowest BCUT2D eigenvalue weighted by Crippen LogP contribution is -2.26. The lowest BCUT2D eigenvalue weighted by Gasteiger charge is -2.20. The van der Waals surface area contributed by atoms with E-state index in [-0.39, 0.29) is 11.8 Å². The SMILES string of the molecule is COc1ccc(NC(=O)C2CCSCC2)cc1OC. The number of carbonyl (C=O) groups excluding carboxylic acids is 1. The van der Waals surface area contributed by atoms with E-state index in [2.05, 4.69) is 5.32 Å². The molecular formula is C14H19NO3S. The molecule has 1 aromatic carbocycles. The zero-order valence-corrected chi connectivity index (χ0v) is 12.1. The Hall–Kier alpha value is -1.36. The van der Waals surface area contributed by atoms with Crippen molar-refractivity contribution < 1.29 is 14.3 Å². The summed E-state index contributed by atoms with van der Waals surface area (Å²) in [6.07, 6.45) is 1.92. The van der Waals surface area contributed by atoms with E-state index in [1.54, 1.807) is 26.4 Å². The maximum atomic E-state index is 12.1. The average molecular weight is 281 g/mol. The Morgan fingerprint density at radius 1 is 1.21 bits per heavy atom. The van der Waals surface area contributed by atoms with Crippen molar-refractivity contribution in [3.8, 4) is 11.5 Å². The van der Waals surface area contributed by atoms with Gasteiger partial charge in [0.15, 0.2) is 11.5 Å². The fraction of sp³-hybridized carbons (Fsp3) is 0.500. The minimum absolute atomic E-state index is 0.104. The van der Waals surface area contributed by atoms with E-state index in [1.165, 1.54) is 0 Å². The third-order valence-corrected chi connectivity index (χ3v) is 4.29. The Kier molecular flexibility index (Phi) is 4.96. The van der Waals surface area contributed by atoms with E-state index in [9.17, 15) is 4.79 Å². The van der Waals surface area contributed by atoms with Crippen molar-refractivity contribution in [1.29, 1.82) is 0 Å². The van der Waals surface area contributed by atoms with Crippen molar-refractivity contribution in [3.05, 3.63) is 18.2 Å². The highest BCUT2D eigenvalue weighted by atomic mass is 32.2. The van der Waals surface area contributed by atoms with Gasteiger partial charge in [-0.25, -0.2) is 0 Å². The Balaban J connectivity index is 2.03. The van der Waals surface area contributed by atoms with Crippen LogP contribution in [0.25, 0.3) is 0 Å². The summed E-state index contributed by atoms with van der Waals surface area (Å²) in [5.41, 5.74) is 0.751. The van der Waals surface area contributed by atoms with Crippen molar-refractivity contribution in [2.45, 2.75) is 12.8 Å². The van der Waals surface area contributed by atoms with Crippen LogP contribution < -0.4 is 14.8 Å². The van der Waals surface area contributed by atoms with Gasteiger partial charge in [0.05, 0.1) is 14.2 Å². The monoisotopic (exact) mass is 281 g/mol. The van der Waals surface area contributed by atoms with Gasteiger partial charge in [-0.15, -0.1) is 0 Å². The van der Waals surface area contributed by atoms with Gasteiger partial charge in [0.25, 0.3) is 0 Å². The summed E-state index contributed by atoms with van der Waals surface area (Å²) in [5.74, 6) is 3.67. The van der Waals surface area contributed by atoms with Gasteiger partial charge in [-0.2, -0.15) is 11.8 Å². The summed E-state index contributed by atoms with van der Waals surface area (Å²) >= 11 is 1.92. The van der Waals surface area contributed by atoms with E-state index in [1.807, 2.05) is 17.8 Å². The molecule has 0 unspecified atom stereocenters. The van der Waals surface area contributed by atoms with Gasteiger partial charge in [-0.05, 0) is 36.5 Å². The molecule has 0 radical (unpaired) electrons. The molecule has 1 aromatic rings. The van der Waals surface area contributed by atoms with Gasteiger partial charge in [0.2, 0.25) is 5.91 Å². The third kappa shape index (κ3) is 3.56. The number of hydrogen-bond acceptors (Lipinski definition) is 4. The molecule has 2 rings (SSSR count). The number of rotatable bonds is 4. The van der Waals surface area contributed by atoms with E-state index in [0.717, 1.165) is 30.0 Å². The number of methoxy groups -OCH3 is 2. The number of carbonyl (C=O) groups is 1. The summed E-state index contributed by atoms with van der Waals surface area (Å²) < 4.78 is 10.4. The van der Waals surface area contributed by atoms with Gasteiger partial charge in [0.1, 0.15) is 0 Å². The molecule has 0 spiro atoms. The molecule has 0 atom stereocenters. The van der Waals surface area contributed by atoms with Crippen molar-refractivity contribution in [2.75, 3.05) is 31.0 Å². The predicted molar refractivity (Wildman–Crippen MR) is 78.2 cm³/mol. The fourth-order valence-electron chi connectivity index (χ4n) is 2.12. The van der Waals surface area contributed by atoms with Crippen LogP contribution in [-0.4, -0.2) is 31.6 Å². The smallest absolute Gasteiger partial charge is 0.227 e. The largest absolute Gasteiger partial charge is 0.493 e. The number of hydrogen-bond donors (Lipinski definition) is 1. The Morgan fingerprint density at radius 2 is 1.89 bits per heavy atom. The van der Waals surface area contributed by atoms with Crippen LogP contribution in [0.1, 0.15) is 12.8 Å². The van der Waals surface area contributed by atoms with E-state index < -0.39 is 0 Å². The standard InChI is InChI=1S/C14H19NO3S/c1-17-12-4-3-11(9-13(12)18-2)15-14(16)10-5-7-19-8-6-10/h3-4,9-10H,5-8H2,1-2H3,(H,15,16). The van der Waals surface area contributed by atoms with Crippen LogP contribution >= 0.6 is 11.8 Å². The summed E-state index contributed by atoms with van der Waals surface area (Å²) in [6.45, 7) is 0. The summed E-state index contributed by atoms with van der Waals surface area (Å²) in [5, 5.41) is 2.95. The van der Waals surface area contributed by atoms with Gasteiger partial charge in [-0.3, -0.25) is 4.79 Å². The molecule has 1 amide bonds. The number of amides is 1. The Morgan fingerprint density at radius 3 is 2.53 bits per heavy atom. The molecule has 1 fully saturated rings. The van der Waals surface area contributed by atoms with Crippen LogP contribution in [0.15, 0.2) is 18.2 Å². The van der Waals surface area contributed by atoms with Gasteiger partial charge in [-0.1, -0.05) is 0 Å². The van der Waals surface area contributed by atoms with Crippen LogP contribution in [0.4, 0.5) is 5.69 Å². The molecule has 1 N–H and O–H groups in total. The molecule has 0 aromatic heterocycles. The predicted octanol–water partition coefficient (Wildman–Crippen LogP) is 2.79. The summed E-state index contributed by atoms with van der Waals surface area (Å²) in [7, 11) is 3.18. The molecular weight excluding hydrogens is 262 g/mol. The molecule has 0 saturated carbocycles. The first kappa shape index (κ1) is 14.1. The molecule has 4 nitrogen and oxygen atoms in total. The van der Waals surface area contributed by atoms with Gasteiger partial charge >= 0.3 is 0 Å². The van der Waals surface area contributed by atoms with Crippen LogP contribution in [0.3, 0.4) is 0 Å². The zero-order valence-electron chi connectivity index (χ0n) is 11.3. The summed E-state index contributed by atoms with van der Waals surface area (Å²) in [4.78, 5) is 12.1. The molecule has 19 heavy (non-hydrogen) atoms. The minimum atomic E-state index is 0.104. The third-order valence-electron chi connectivity index (χ3n) is 3.24. The summed E-state index contributed by atoms with van der Waals surface area (Å²) in [6, 6.07) is 5.41. The van der Waals surface area contributed by atoms with Crippen molar-refractivity contribution >= 4 is 23.4 Å². The highest BCUT2D eigenvalue weighted by molar-refractivity contribution is 7.99. The topological polar surface area (TPSA) is 47.6 Å². The average Bonchev–Trinajstić information content (AvgIpc) is 2.48. The zero-order chi connectivity index (χ0) is 13.7. The molecule has 1 aliphatic heterocycles. The quantitative estimate of drug-likeness (QED) is 0.922. The first-order valence-corrected chi connectivity index (χ1v) is 7.50. The Bertz CT molecular complexity index is 444. The second kappa shape index (κ2) is 6.70. The molecule has 1 heterocycles. The van der Waals surface area contributed by atoms with E-state index in [4.69, 9.17) is 9.47 Å². The number of anilines is 1. The lowest BCUT2D eigenvalue weighted by molar-refractivity contribution is -0.120. The van der Waals surface area contributed by atoms with Crippen molar-refractivity contribution in [3.63, 3.8) is 0 Å². The van der Waals surface area contributed by atoms with Gasteiger partial charge in [0, 0.05) is 17.7 Å². The second-order valence-corrected chi connectivity index (χ2v) is 5.67. The molecule has 1 saturated heterocycles. The first-order valence-electron chi connectivity index (χ1n) is 6.35. The molecule has 5 heteroatoms. The van der Waals surface area contributed by atoms with E-state index in [0.29, 0.717) is 11.5 Å². The van der Waals surface area contributed by atoms with Crippen LogP contribution in [-0.2, 0) is 4.79 Å². The van der Waals surface area contributed by atoms with Crippen molar-refractivity contribution in [2.24, 2.45) is 5.92 Å². The highest BCUT2D eigenvalue weighted by Gasteiger charge is 2.21. The van der Waals surface area contributed by atoms with Crippen LogP contribution in [0.5, 0.6) is 11.5 Å². The first-order chi connectivity index (χ1) is 9.24. The molecule has 1 aliphatic rings. The molecule has 0 aliphatic carbocycles. The normalized spacial score (nSPS) is 15.9. The number of benzene rings is 1. The van der Waals surface area contributed by atoms with E-state index >= 15 is 0 Å². The number of ether oxygens (including phenoxy) is 2.